The third kappa shape index (κ3) is 7.69. The summed E-state index contributed by atoms with van der Waals surface area (Å²) in [5.41, 5.74) is 4.78. The van der Waals surface area contributed by atoms with E-state index in [0.29, 0.717) is 17.2 Å². The third-order valence-electron chi connectivity index (χ3n) is 2.31. The highest BCUT2D eigenvalue weighted by Crippen LogP contribution is 2.43. The lowest BCUT2D eigenvalue weighted by Crippen LogP contribution is -2.26. The van der Waals surface area contributed by atoms with E-state index in [9.17, 15) is 4.89 Å². The number of para-hydroxylation sites is 1. The van der Waals surface area contributed by atoms with Crippen molar-refractivity contribution in [3.63, 3.8) is 0 Å². The standard InChI is InChI=1S/C17H28NO4P/c1-12(18)11-23(19)22-14-10-8-9-13(20-16(2,3)4)15(14)21-17(5,6)7/h8-12H,18H2,1-7H3. The molecule has 1 aromatic rings. The van der Waals surface area contributed by atoms with Crippen LogP contribution in [-0.4, -0.2) is 23.0 Å². The van der Waals surface area contributed by atoms with Crippen LogP contribution in [0.25, 0.3) is 0 Å². The number of benzene rings is 1. The number of nitrogens with two attached hydrogens (primary N) is 1. The van der Waals surface area contributed by atoms with Crippen LogP contribution in [0.2, 0.25) is 0 Å². The SMILES string of the molecule is CC(N)/C=[P+](\[O-])Oc1cccc(OC(C)(C)C)c1OC(C)(C)C. The van der Waals surface area contributed by atoms with E-state index in [2.05, 4.69) is 0 Å². The average molecular weight is 341 g/mol. The van der Waals surface area contributed by atoms with Gasteiger partial charge in [-0.15, -0.1) is 0 Å². The zero-order valence-electron chi connectivity index (χ0n) is 15.0. The Hall–Kier alpha value is -1.29. The first-order chi connectivity index (χ1) is 10.4. The Balaban J connectivity index is 3.25. The van der Waals surface area contributed by atoms with Crippen molar-refractivity contribution in [1.29, 1.82) is 0 Å². The van der Waals surface area contributed by atoms with Crippen molar-refractivity contribution in [3.05, 3.63) is 18.2 Å². The number of ether oxygens (including phenoxy) is 2. The fourth-order valence-corrected chi connectivity index (χ4v) is 2.49. The summed E-state index contributed by atoms with van der Waals surface area (Å²) in [5.74, 6) is 2.82. The fraction of sp³-hybridized carbons (Fsp3) is 0.588. The normalized spacial score (nSPS) is 14.4. The molecule has 0 aliphatic rings. The first-order valence-corrected chi connectivity index (χ1v) is 8.88. The van der Waals surface area contributed by atoms with Crippen LogP contribution in [0.4, 0.5) is 0 Å². The van der Waals surface area contributed by atoms with Crippen LogP contribution in [0.5, 0.6) is 17.2 Å². The molecule has 0 amide bonds. The van der Waals surface area contributed by atoms with Crippen LogP contribution in [0, 0.1) is 0 Å². The Bertz CT molecular complexity index is 557. The number of rotatable bonds is 5. The van der Waals surface area contributed by atoms with Gasteiger partial charge in [0.15, 0.2) is 5.75 Å². The minimum atomic E-state index is -2.04. The van der Waals surface area contributed by atoms with Crippen molar-refractivity contribution in [2.24, 2.45) is 5.73 Å². The third-order valence-corrected chi connectivity index (χ3v) is 3.40. The van der Waals surface area contributed by atoms with Gasteiger partial charge in [0.2, 0.25) is 11.5 Å². The molecule has 23 heavy (non-hydrogen) atoms. The van der Waals surface area contributed by atoms with E-state index < -0.39 is 19.2 Å². The smallest absolute Gasteiger partial charge is 0.274 e. The lowest BCUT2D eigenvalue weighted by atomic mass is 10.1. The lowest BCUT2D eigenvalue weighted by Gasteiger charge is -2.27. The maximum atomic E-state index is 12.0. The summed E-state index contributed by atoms with van der Waals surface area (Å²) in [6.45, 7) is 13.4. The molecular weight excluding hydrogens is 313 g/mol. The maximum absolute atomic E-state index is 12.0. The van der Waals surface area contributed by atoms with Crippen molar-refractivity contribution < 1.29 is 18.9 Å². The highest BCUT2D eigenvalue weighted by Gasteiger charge is 2.24. The minimum absolute atomic E-state index is 0.320. The van der Waals surface area contributed by atoms with Gasteiger partial charge in [-0.2, -0.15) is 0 Å². The zero-order valence-corrected chi connectivity index (χ0v) is 15.9. The van der Waals surface area contributed by atoms with Gasteiger partial charge in [-0.25, -0.2) is 0 Å². The van der Waals surface area contributed by atoms with Crippen molar-refractivity contribution in [2.75, 3.05) is 0 Å². The Morgan fingerprint density at radius 1 is 1.04 bits per heavy atom. The van der Waals surface area contributed by atoms with Gasteiger partial charge in [0.25, 0.3) is 8.00 Å². The molecule has 0 saturated heterocycles. The van der Waals surface area contributed by atoms with E-state index in [-0.39, 0.29) is 6.04 Å². The van der Waals surface area contributed by atoms with Gasteiger partial charge in [0.1, 0.15) is 17.0 Å². The summed E-state index contributed by atoms with van der Waals surface area (Å²) < 4.78 is 17.5. The Morgan fingerprint density at radius 2 is 1.57 bits per heavy atom. The predicted molar refractivity (Wildman–Crippen MR) is 94.5 cm³/mol. The monoisotopic (exact) mass is 341 g/mol. The number of hydrogen-bond donors (Lipinski definition) is 1. The van der Waals surface area contributed by atoms with Gasteiger partial charge in [0, 0.05) is 0 Å². The summed E-state index contributed by atoms with van der Waals surface area (Å²) in [4.78, 5) is 12.0. The van der Waals surface area contributed by atoms with Crippen LogP contribution in [0.15, 0.2) is 18.2 Å². The van der Waals surface area contributed by atoms with Gasteiger partial charge < -0.3 is 20.1 Å². The summed E-state index contributed by atoms with van der Waals surface area (Å²) in [5, 5.41) is 0. The molecule has 6 heteroatoms. The van der Waals surface area contributed by atoms with E-state index in [1.54, 1.807) is 19.1 Å². The second kappa shape index (κ2) is 7.52. The zero-order chi connectivity index (χ0) is 17.8. The quantitative estimate of drug-likeness (QED) is 0.832. The molecule has 0 heterocycles. The van der Waals surface area contributed by atoms with E-state index in [0.717, 1.165) is 0 Å². The summed E-state index contributed by atoms with van der Waals surface area (Å²) in [6, 6.07) is 4.97. The molecule has 2 N–H and O–H groups in total. The molecule has 5 nitrogen and oxygen atoms in total. The van der Waals surface area contributed by atoms with Crippen LogP contribution in [0.1, 0.15) is 48.5 Å². The Kier molecular flexibility index (Phi) is 6.46. The maximum Gasteiger partial charge on any atom is 0.274 e. The lowest BCUT2D eigenvalue weighted by molar-refractivity contribution is -0.165. The first kappa shape index (κ1) is 19.8. The molecule has 1 rings (SSSR count). The summed E-state index contributed by atoms with van der Waals surface area (Å²) in [7, 11) is -2.04. The molecule has 0 aliphatic carbocycles. The Morgan fingerprint density at radius 3 is 2.04 bits per heavy atom. The van der Waals surface area contributed by atoms with E-state index in [4.69, 9.17) is 19.7 Å². The minimum Gasteiger partial charge on any atom is -0.595 e. The molecule has 1 aromatic carbocycles. The van der Waals surface area contributed by atoms with Crippen LogP contribution >= 0.6 is 8.00 Å². The van der Waals surface area contributed by atoms with Crippen molar-refractivity contribution in [1.82, 2.24) is 0 Å². The molecule has 0 saturated carbocycles. The molecule has 0 bridgehead atoms. The summed E-state index contributed by atoms with van der Waals surface area (Å²) >= 11 is 0. The van der Waals surface area contributed by atoms with Gasteiger partial charge in [0.05, 0.1) is 6.04 Å². The molecule has 0 aromatic heterocycles. The van der Waals surface area contributed by atoms with Crippen LogP contribution in [-0.2, 0) is 0 Å². The van der Waals surface area contributed by atoms with Gasteiger partial charge >= 0.3 is 0 Å². The van der Waals surface area contributed by atoms with E-state index in [1.165, 1.54) is 5.80 Å². The molecule has 0 radical (unpaired) electrons. The molecular formula is C17H28NO4P. The van der Waals surface area contributed by atoms with Gasteiger partial charge in [-0.05, 0) is 60.6 Å². The van der Waals surface area contributed by atoms with E-state index >= 15 is 0 Å². The van der Waals surface area contributed by atoms with Crippen molar-refractivity contribution >= 4 is 13.8 Å². The molecule has 0 spiro atoms. The molecule has 2 atom stereocenters. The summed E-state index contributed by atoms with van der Waals surface area (Å²) in [6.07, 6.45) is 0. The largest absolute Gasteiger partial charge is 0.595 e. The van der Waals surface area contributed by atoms with Crippen molar-refractivity contribution in [2.45, 2.75) is 65.7 Å². The average Bonchev–Trinajstić information content (AvgIpc) is 2.28. The van der Waals surface area contributed by atoms with E-state index in [1.807, 2.05) is 47.6 Å². The van der Waals surface area contributed by atoms with Crippen LogP contribution in [0.3, 0.4) is 0 Å². The molecule has 0 aliphatic heterocycles. The molecule has 2 unspecified atom stereocenters. The van der Waals surface area contributed by atoms with Crippen molar-refractivity contribution in [3.8, 4) is 17.2 Å². The highest BCUT2D eigenvalue weighted by molar-refractivity contribution is 7.45. The van der Waals surface area contributed by atoms with Crippen LogP contribution < -0.4 is 24.6 Å². The second-order valence-corrected chi connectivity index (χ2v) is 8.45. The number of hydrogen-bond acceptors (Lipinski definition) is 5. The fourth-order valence-electron chi connectivity index (χ4n) is 1.70. The first-order valence-electron chi connectivity index (χ1n) is 7.63. The van der Waals surface area contributed by atoms with Gasteiger partial charge in [-0.1, -0.05) is 6.07 Å². The van der Waals surface area contributed by atoms with Gasteiger partial charge in [-0.3, -0.25) is 4.52 Å². The topological polar surface area (TPSA) is 76.8 Å². The predicted octanol–water partition coefficient (Wildman–Crippen LogP) is 3.24. The molecule has 0 fully saturated rings. The highest BCUT2D eigenvalue weighted by atomic mass is 31.1. The Labute approximate surface area is 140 Å². The molecule has 130 valence electrons. The second-order valence-electron chi connectivity index (χ2n) is 7.40.